The van der Waals surface area contributed by atoms with E-state index in [2.05, 4.69) is 38.2 Å². The summed E-state index contributed by atoms with van der Waals surface area (Å²) in [5.74, 6) is 0.676. The number of nitrogens with one attached hydrogen (secondary N) is 1. The monoisotopic (exact) mass is 184 g/mol. The van der Waals surface area contributed by atoms with Gasteiger partial charge in [0.15, 0.2) is 0 Å². The van der Waals surface area contributed by atoms with Gasteiger partial charge in [-0.15, -0.1) is 0 Å². The highest BCUT2D eigenvalue weighted by Crippen LogP contribution is 2.05. The van der Waals surface area contributed by atoms with Crippen LogP contribution in [0, 0.1) is 5.92 Å². The number of rotatable bonds is 7. The van der Waals surface area contributed by atoms with Crippen LogP contribution >= 0.6 is 0 Å². The molecule has 0 amide bonds. The van der Waals surface area contributed by atoms with Crippen molar-refractivity contribution in [3.8, 4) is 0 Å². The average molecular weight is 184 g/mol. The lowest BCUT2D eigenvalue weighted by molar-refractivity contribution is 0.376. The van der Waals surface area contributed by atoms with Gasteiger partial charge >= 0.3 is 0 Å². The summed E-state index contributed by atoms with van der Waals surface area (Å²) in [6.07, 6.45) is 6.56. The van der Waals surface area contributed by atoms with Gasteiger partial charge in [-0.05, 0) is 25.8 Å². The summed E-state index contributed by atoms with van der Waals surface area (Å²) in [6, 6.07) is 0.482. The van der Waals surface area contributed by atoms with Crippen LogP contribution in [0.4, 0.5) is 0 Å². The summed E-state index contributed by atoms with van der Waals surface area (Å²) in [5.41, 5.74) is 5.68. The Balaban J connectivity index is 3.59. The fourth-order valence-corrected chi connectivity index (χ4v) is 1.32. The molecule has 13 heavy (non-hydrogen) atoms. The Kier molecular flexibility index (Phi) is 8.05. The lowest BCUT2D eigenvalue weighted by Crippen LogP contribution is -2.41. The van der Waals surface area contributed by atoms with Crippen molar-refractivity contribution in [3.63, 3.8) is 0 Å². The van der Waals surface area contributed by atoms with Crippen LogP contribution in [-0.4, -0.2) is 19.1 Å². The van der Waals surface area contributed by atoms with Gasteiger partial charge in [0.1, 0.15) is 0 Å². The minimum Gasteiger partial charge on any atom is -0.329 e. The lowest BCUT2D eigenvalue weighted by Gasteiger charge is -2.22. The van der Waals surface area contributed by atoms with Gasteiger partial charge in [0.25, 0.3) is 0 Å². The molecule has 0 bridgehead atoms. The van der Waals surface area contributed by atoms with Crippen molar-refractivity contribution in [2.75, 3.05) is 13.1 Å². The van der Waals surface area contributed by atoms with Crippen molar-refractivity contribution in [1.29, 1.82) is 0 Å². The van der Waals surface area contributed by atoms with E-state index in [1.54, 1.807) is 0 Å². The summed E-state index contributed by atoms with van der Waals surface area (Å²) >= 11 is 0. The number of nitrogens with two attached hydrogens (primary N) is 1. The van der Waals surface area contributed by atoms with Crippen LogP contribution in [0.5, 0.6) is 0 Å². The van der Waals surface area contributed by atoms with Crippen molar-refractivity contribution >= 4 is 0 Å². The van der Waals surface area contributed by atoms with Crippen LogP contribution in [0.15, 0.2) is 12.2 Å². The molecule has 0 aliphatic carbocycles. The molecule has 0 heterocycles. The molecule has 0 spiro atoms. The van der Waals surface area contributed by atoms with E-state index in [1.165, 1.54) is 6.42 Å². The summed E-state index contributed by atoms with van der Waals surface area (Å²) in [6.45, 7) is 8.29. The molecule has 78 valence electrons. The smallest absolute Gasteiger partial charge is 0.0215 e. The second-order valence-corrected chi connectivity index (χ2v) is 3.54. The van der Waals surface area contributed by atoms with E-state index in [1.807, 2.05) is 0 Å². The van der Waals surface area contributed by atoms with E-state index < -0.39 is 0 Å². The van der Waals surface area contributed by atoms with E-state index in [-0.39, 0.29) is 0 Å². The third kappa shape index (κ3) is 5.83. The van der Waals surface area contributed by atoms with Gasteiger partial charge in [-0.1, -0.05) is 32.4 Å². The molecule has 0 aromatic rings. The van der Waals surface area contributed by atoms with Crippen molar-refractivity contribution in [2.24, 2.45) is 11.7 Å². The standard InChI is InChI=1S/C11H24N2/c1-4-6-7-8-13-11(9-12)10(3)5-2/h4,6,10-11,13H,5,7-9,12H2,1-3H3/b6-4+. The van der Waals surface area contributed by atoms with Crippen molar-refractivity contribution in [3.05, 3.63) is 12.2 Å². The lowest BCUT2D eigenvalue weighted by atomic mass is 9.99. The van der Waals surface area contributed by atoms with Gasteiger partial charge in [-0.25, -0.2) is 0 Å². The molecular weight excluding hydrogens is 160 g/mol. The minimum absolute atomic E-state index is 0.482. The summed E-state index contributed by atoms with van der Waals surface area (Å²) in [5, 5.41) is 3.48. The third-order valence-corrected chi connectivity index (χ3v) is 2.54. The maximum absolute atomic E-state index is 5.68. The Labute approximate surface area is 82.6 Å². The second-order valence-electron chi connectivity index (χ2n) is 3.54. The van der Waals surface area contributed by atoms with E-state index in [0.29, 0.717) is 12.0 Å². The highest BCUT2D eigenvalue weighted by molar-refractivity contribution is 4.80. The zero-order valence-electron chi connectivity index (χ0n) is 9.22. The van der Waals surface area contributed by atoms with Crippen LogP contribution < -0.4 is 11.1 Å². The average Bonchev–Trinajstić information content (AvgIpc) is 2.17. The first-order valence-corrected chi connectivity index (χ1v) is 5.30. The molecule has 0 aromatic carbocycles. The highest BCUT2D eigenvalue weighted by atomic mass is 14.9. The molecule has 0 fully saturated rings. The first-order chi connectivity index (χ1) is 6.26. The summed E-state index contributed by atoms with van der Waals surface area (Å²) in [7, 11) is 0. The quantitative estimate of drug-likeness (QED) is 0.468. The second kappa shape index (κ2) is 8.27. The Morgan fingerprint density at radius 2 is 2.15 bits per heavy atom. The molecule has 0 radical (unpaired) electrons. The third-order valence-electron chi connectivity index (χ3n) is 2.54. The maximum atomic E-state index is 5.68. The predicted octanol–water partition coefficient (Wildman–Crippen LogP) is 1.92. The summed E-state index contributed by atoms with van der Waals surface area (Å²) in [4.78, 5) is 0. The molecule has 2 nitrogen and oxygen atoms in total. The van der Waals surface area contributed by atoms with Gasteiger partial charge in [0.05, 0.1) is 0 Å². The maximum Gasteiger partial charge on any atom is 0.0215 e. The molecule has 0 saturated heterocycles. The first kappa shape index (κ1) is 12.7. The van der Waals surface area contributed by atoms with E-state index >= 15 is 0 Å². The largest absolute Gasteiger partial charge is 0.329 e. The molecule has 0 rings (SSSR count). The first-order valence-electron chi connectivity index (χ1n) is 5.30. The van der Waals surface area contributed by atoms with E-state index in [4.69, 9.17) is 5.73 Å². The zero-order valence-corrected chi connectivity index (χ0v) is 9.22. The van der Waals surface area contributed by atoms with Crippen LogP contribution in [0.3, 0.4) is 0 Å². The zero-order chi connectivity index (χ0) is 10.1. The molecule has 3 N–H and O–H groups in total. The van der Waals surface area contributed by atoms with Crippen LogP contribution in [0.2, 0.25) is 0 Å². The van der Waals surface area contributed by atoms with Gasteiger partial charge in [-0.2, -0.15) is 0 Å². The number of hydrogen-bond acceptors (Lipinski definition) is 2. The van der Waals surface area contributed by atoms with Crippen LogP contribution in [0.25, 0.3) is 0 Å². The van der Waals surface area contributed by atoms with Gasteiger partial charge < -0.3 is 11.1 Å². The van der Waals surface area contributed by atoms with Crippen molar-refractivity contribution in [1.82, 2.24) is 5.32 Å². The fraction of sp³-hybridized carbons (Fsp3) is 0.818. The van der Waals surface area contributed by atoms with Gasteiger partial charge in [-0.3, -0.25) is 0 Å². The Bertz CT molecular complexity index is 132. The number of allylic oxidation sites excluding steroid dienone is 1. The topological polar surface area (TPSA) is 38.0 Å². The normalized spacial score (nSPS) is 16.3. The summed E-state index contributed by atoms with van der Waals surface area (Å²) < 4.78 is 0. The Hall–Kier alpha value is -0.340. The molecule has 2 atom stereocenters. The number of hydrogen-bond donors (Lipinski definition) is 2. The molecule has 0 aliphatic rings. The van der Waals surface area contributed by atoms with E-state index in [9.17, 15) is 0 Å². The van der Waals surface area contributed by atoms with E-state index in [0.717, 1.165) is 19.5 Å². The predicted molar refractivity (Wildman–Crippen MR) is 59.7 cm³/mol. The van der Waals surface area contributed by atoms with Gasteiger partial charge in [0.2, 0.25) is 0 Å². The molecular formula is C11H24N2. The minimum atomic E-state index is 0.482. The SMILES string of the molecule is C/C=C/CCNC(CN)C(C)CC. The fourth-order valence-electron chi connectivity index (χ4n) is 1.32. The van der Waals surface area contributed by atoms with Crippen LogP contribution in [-0.2, 0) is 0 Å². The van der Waals surface area contributed by atoms with Crippen molar-refractivity contribution in [2.45, 2.75) is 39.7 Å². The Morgan fingerprint density at radius 3 is 2.62 bits per heavy atom. The molecule has 0 aromatic heterocycles. The molecule has 0 saturated carbocycles. The molecule has 0 aliphatic heterocycles. The Morgan fingerprint density at radius 1 is 1.46 bits per heavy atom. The molecule has 2 heteroatoms. The van der Waals surface area contributed by atoms with Crippen molar-refractivity contribution < 1.29 is 0 Å². The van der Waals surface area contributed by atoms with Gasteiger partial charge in [0, 0.05) is 12.6 Å². The molecule has 2 unspecified atom stereocenters. The van der Waals surface area contributed by atoms with Crippen LogP contribution in [0.1, 0.15) is 33.6 Å². The highest BCUT2D eigenvalue weighted by Gasteiger charge is 2.11.